The number of rotatable bonds is 3. The molecule has 1 amide bonds. The second-order valence-electron chi connectivity index (χ2n) is 3.85. The van der Waals surface area contributed by atoms with Gasteiger partial charge in [0.1, 0.15) is 6.61 Å². The largest absolute Gasteiger partial charge is 0.445 e. The van der Waals surface area contributed by atoms with Crippen molar-refractivity contribution in [1.29, 1.82) is 0 Å². The average molecular weight is 222 g/mol. The molecule has 0 aliphatic rings. The molecule has 0 spiro atoms. The number of nitrogens with one attached hydrogen (secondary N) is 1. The van der Waals surface area contributed by atoms with Gasteiger partial charge >= 0.3 is 6.09 Å². The highest BCUT2D eigenvalue weighted by Crippen LogP contribution is 2.20. The van der Waals surface area contributed by atoms with Crippen molar-refractivity contribution >= 4 is 11.8 Å². The number of aryl methyl sites for hydroxylation is 1. The Morgan fingerprint density at radius 1 is 1.44 bits per heavy atom. The number of anilines is 1. The van der Waals surface area contributed by atoms with Crippen molar-refractivity contribution in [2.45, 2.75) is 13.5 Å². The Kier molecular flexibility index (Phi) is 4.17. The van der Waals surface area contributed by atoms with Crippen molar-refractivity contribution in [1.82, 2.24) is 5.32 Å². The smallest absolute Gasteiger partial charge is 0.407 e. The van der Waals surface area contributed by atoms with Crippen molar-refractivity contribution in [2.75, 3.05) is 26.0 Å². The van der Waals surface area contributed by atoms with Gasteiger partial charge in [0.05, 0.1) is 0 Å². The van der Waals surface area contributed by atoms with E-state index < -0.39 is 6.09 Å². The molecule has 0 unspecified atom stereocenters. The van der Waals surface area contributed by atoms with E-state index in [0.717, 1.165) is 16.8 Å². The summed E-state index contributed by atoms with van der Waals surface area (Å²) in [6.45, 7) is 2.30. The van der Waals surface area contributed by atoms with Crippen LogP contribution in [-0.2, 0) is 11.3 Å². The SMILES string of the molecule is CNC(=O)OCc1cc(C)ccc1N(C)C. The van der Waals surface area contributed by atoms with Crippen molar-refractivity contribution < 1.29 is 9.53 Å². The predicted octanol–water partition coefficient (Wildman–Crippen LogP) is 1.92. The zero-order chi connectivity index (χ0) is 12.1. The molecular formula is C12H18N2O2. The minimum absolute atomic E-state index is 0.287. The molecule has 0 heterocycles. The van der Waals surface area contributed by atoms with Gasteiger partial charge in [0.25, 0.3) is 0 Å². The van der Waals surface area contributed by atoms with Gasteiger partial charge in [0, 0.05) is 32.4 Å². The molecule has 4 nitrogen and oxygen atoms in total. The van der Waals surface area contributed by atoms with E-state index in [0.29, 0.717) is 0 Å². The van der Waals surface area contributed by atoms with Gasteiger partial charge < -0.3 is 15.0 Å². The van der Waals surface area contributed by atoms with E-state index in [2.05, 4.69) is 5.32 Å². The van der Waals surface area contributed by atoms with E-state index in [-0.39, 0.29) is 6.61 Å². The molecule has 88 valence electrons. The van der Waals surface area contributed by atoms with Crippen LogP contribution >= 0.6 is 0 Å². The maximum atomic E-state index is 11.0. The van der Waals surface area contributed by atoms with Crippen LogP contribution in [0, 0.1) is 6.92 Å². The molecule has 0 radical (unpaired) electrons. The van der Waals surface area contributed by atoms with Gasteiger partial charge in [-0.25, -0.2) is 4.79 Å². The number of alkyl carbamates (subject to hydrolysis) is 1. The van der Waals surface area contributed by atoms with Crippen LogP contribution in [0.4, 0.5) is 10.5 Å². The molecular weight excluding hydrogens is 204 g/mol. The highest BCUT2D eigenvalue weighted by Gasteiger charge is 2.07. The molecule has 0 aliphatic carbocycles. The Labute approximate surface area is 96.2 Å². The third-order valence-corrected chi connectivity index (χ3v) is 2.28. The molecule has 16 heavy (non-hydrogen) atoms. The third-order valence-electron chi connectivity index (χ3n) is 2.28. The molecule has 4 heteroatoms. The number of ether oxygens (including phenoxy) is 1. The second kappa shape index (κ2) is 5.39. The van der Waals surface area contributed by atoms with Gasteiger partial charge in [-0.3, -0.25) is 0 Å². The lowest BCUT2D eigenvalue weighted by Crippen LogP contribution is -2.20. The summed E-state index contributed by atoms with van der Waals surface area (Å²) in [5, 5.41) is 2.42. The summed E-state index contributed by atoms with van der Waals surface area (Å²) < 4.78 is 5.05. The molecule has 0 aliphatic heterocycles. The van der Waals surface area contributed by atoms with E-state index in [4.69, 9.17) is 4.74 Å². The highest BCUT2D eigenvalue weighted by molar-refractivity contribution is 5.67. The van der Waals surface area contributed by atoms with Crippen molar-refractivity contribution in [3.63, 3.8) is 0 Å². The molecule has 1 N–H and O–H groups in total. The lowest BCUT2D eigenvalue weighted by molar-refractivity contribution is 0.142. The van der Waals surface area contributed by atoms with Crippen LogP contribution < -0.4 is 10.2 Å². The standard InChI is InChI=1S/C12H18N2O2/c1-9-5-6-11(14(3)4)10(7-9)8-16-12(15)13-2/h5-7H,8H2,1-4H3,(H,13,15). The first-order chi connectivity index (χ1) is 7.54. The molecule has 0 atom stereocenters. The Balaban J connectivity index is 2.84. The van der Waals surface area contributed by atoms with E-state index in [1.165, 1.54) is 0 Å². The van der Waals surface area contributed by atoms with Crippen LogP contribution in [0.25, 0.3) is 0 Å². The van der Waals surface area contributed by atoms with Gasteiger partial charge in [-0.05, 0) is 13.0 Å². The molecule has 0 saturated carbocycles. The van der Waals surface area contributed by atoms with Gasteiger partial charge in [0.2, 0.25) is 0 Å². The molecule has 0 saturated heterocycles. The monoisotopic (exact) mass is 222 g/mol. The zero-order valence-electron chi connectivity index (χ0n) is 10.2. The maximum Gasteiger partial charge on any atom is 0.407 e. The third kappa shape index (κ3) is 3.15. The van der Waals surface area contributed by atoms with Crippen molar-refractivity contribution in [3.05, 3.63) is 29.3 Å². The minimum atomic E-state index is -0.411. The summed E-state index contributed by atoms with van der Waals surface area (Å²) >= 11 is 0. The van der Waals surface area contributed by atoms with Crippen LogP contribution in [-0.4, -0.2) is 27.2 Å². The van der Waals surface area contributed by atoms with Crippen molar-refractivity contribution in [2.24, 2.45) is 0 Å². The van der Waals surface area contributed by atoms with Crippen LogP contribution in [0.1, 0.15) is 11.1 Å². The number of benzene rings is 1. The minimum Gasteiger partial charge on any atom is -0.445 e. The number of hydrogen-bond acceptors (Lipinski definition) is 3. The van der Waals surface area contributed by atoms with Crippen LogP contribution in [0.5, 0.6) is 0 Å². The summed E-state index contributed by atoms with van der Waals surface area (Å²) in [6.07, 6.45) is -0.411. The number of amides is 1. The van der Waals surface area contributed by atoms with E-state index >= 15 is 0 Å². The van der Waals surface area contributed by atoms with Gasteiger partial charge in [-0.15, -0.1) is 0 Å². The average Bonchev–Trinajstić information content (AvgIpc) is 2.25. The van der Waals surface area contributed by atoms with Crippen LogP contribution in [0.15, 0.2) is 18.2 Å². The number of carbonyl (C=O) groups excluding carboxylic acids is 1. The fourth-order valence-electron chi connectivity index (χ4n) is 1.48. The highest BCUT2D eigenvalue weighted by atomic mass is 16.5. The quantitative estimate of drug-likeness (QED) is 0.849. The number of carbonyl (C=O) groups is 1. The molecule has 0 fully saturated rings. The first-order valence-electron chi connectivity index (χ1n) is 5.16. The summed E-state index contributed by atoms with van der Waals surface area (Å²) in [6, 6.07) is 6.09. The Bertz CT molecular complexity index is 375. The lowest BCUT2D eigenvalue weighted by Gasteiger charge is -2.18. The summed E-state index contributed by atoms with van der Waals surface area (Å²) in [4.78, 5) is 13.0. The molecule has 1 rings (SSSR count). The first kappa shape index (κ1) is 12.4. The van der Waals surface area contributed by atoms with Gasteiger partial charge in [-0.2, -0.15) is 0 Å². The molecule has 1 aromatic rings. The summed E-state index contributed by atoms with van der Waals surface area (Å²) in [5.41, 5.74) is 3.23. The zero-order valence-corrected chi connectivity index (χ0v) is 10.2. The Morgan fingerprint density at radius 3 is 2.69 bits per heavy atom. The fourth-order valence-corrected chi connectivity index (χ4v) is 1.48. The number of nitrogens with zero attached hydrogens (tertiary/aromatic N) is 1. The van der Waals surface area contributed by atoms with Crippen LogP contribution in [0.3, 0.4) is 0 Å². The molecule has 0 bridgehead atoms. The Hall–Kier alpha value is -1.71. The fraction of sp³-hybridized carbons (Fsp3) is 0.417. The number of hydrogen-bond donors (Lipinski definition) is 1. The predicted molar refractivity (Wildman–Crippen MR) is 64.8 cm³/mol. The van der Waals surface area contributed by atoms with Crippen molar-refractivity contribution in [3.8, 4) is 0 Å². The summed E-state index contributed by atoms with van der Waals surface area (Å²) in [5.74, 6) is 0. The van der Waals surface area contributed by atoms with Gasteiger partial charge in [-0.1, -0.05) is 17.7 Å². The Morgan fingerprint density at radius 2 is 2.12 bits per heavy atom. The van der Waals surface area contributed by atoms with E-state index in [1.54, 1.807) is 7.05 Å². The first-order valence-corrected chi connectivity index (χ1v) is 5.16. The van der Waals surface area contributed by atoms with Crippen LogP contribution in [0.2, 0.25) is 0 Å². The second-order valence-corrected chi connectivity index (χ2v) is 3.85. The molecule has 0 aromatic heterocycles. The van der Waals surface area contributed by atoms with E-state index in [9.17, 15) is 4.79 Å². The topological polar surface area (TPSA) is 41.6 Å². The molecule has 1 aromatic carbocycles. The van der Waals surface area contributed by atoms with E-state index in [1.807, 2.05) is 44.1 Å². The lowest BCUT2D eigenvalue weighted by atomic mass is 10.1. The normalized spacial score (nSPS) is 9.75. The van der Waals surface area contributed by atoms with Gasteiger partial charge in [0.15, 0.2) is 0 Å². The maximum absolute atomic E-state index is 11.0. The summed E-state index contributed by atoms with van der Waals surface area (Å²) in [7, 11) is 5.48.